The van der Waals surface area contributed by atoms with Crippen molar-refractivity contribution in [3.8, 4) is 0 Å². The van der Waals surface area contributed by atoms with Crippen molar-refractivity contribution in [1.29, 1.82) is 0 Å². The van der Waals surface area contributed by atoms with Crippen molar-refractivity contribution in [2.24, 2.45) is 0 Å². The van der Waals surface area contributed by atoms with Crippen LogP contribution in [0.1, 0.15) is 22.7 Å². The van der Waals surface area contributed by atoms with Gasteiger partial charge in [0.25, 0.3) is 0 Å². The lowest BCUT2D eigenvalue weighted by molar-refractivity contribution is 0.504. The summed E-state index contributed by atoms with van der Waals surface area (Å²) < 4.78 is 26.2. The van der Waals surface area contributed by atoms with E-state index in [1.807, 2.05) is 32.2 Å². The van der Waals surface area contributed by atoms with Crippen LogP contribution in [-0.2, 0) is 6.42 Å². The largest absolute Gasteiger partial charge is 0.313 e. The molecule has 1 unspecified atom stereocenters. The Bertz CT molecular complexity index is 613. The van der Waals surface area contributed by atoms with E-state index >= 15 is 0 Å². The minimum absolute atomic E-state index is 0.00133. The van der Waals surface area contributed by atoms with E-state index in [4.69, 9.17) is 11.6 Å². The Balaban J connectivity index is 2.28. The van der Waals surface area contributed by atoms with E-state index < -0.39 is 11.6 Å². The zero-order valence-electron chi connectivity index (χ0n) is 11.4. The summed E-state index contributed by atoms with van der Waals surface area (Å²) in [7, 11) is 1.84. The van der Waals surface area contributed by atoms with Crippen LogP contribution in [0.25, 0.3) is 0 Å². The second-order valence-electron chi connectivity index (χ2n) is 4.75. The highest BCUT2D eigenvalue weighted by Gasteiger charge is 2.15. The van der Waals surface area contributed by atoms with E-state index in [2.05, 4.69) is 5.32 Å². The summed E-state index contributed by atoms with van der Waals surface area (Å²) in [6.07, 6.45) is 0.564. The fourth-order valence-corrected chi connectivity index (χ4v) is 2.45. The van der Waals surface area contributed by atoms with Crippen LogP contribution in [-0.4, -0.2) is 7.05 Å². The van der Waals surface area contributed by atoms with Crippen molar-refractivity contribution in [2.45, 2.75) is 19.4 Å². The van der Waals surface area contributed by atoms with Gasteiger partial charge in [-0.25, -0.2) is 8.78 Å². The van der Waals surface area contributed by atoms with E-state index in [1.54, 1.807) is 6.07 Å². The molecule has 0 radical (unpaired) electrons. The first kappa shape index (κ1) is 14.9. The highest BCUT2D eigenvalue weighted by Crippen LogP contribution is 2.26. The molecule has 0 saturated carbocycles. The lowest BCUT2D eigenvalue weighted by Gasteiger charge is -2.19. The van der Waals surface area contributed by atoms with E-state index in [0.717, 1.165) is 22.8 Å². The molecule has 0 amide bonds. The first-order valence-corrected chi connectivity index (χ1v) is 6.77. The lowest BCUT2D eigenvalue weighted by atomic mass is 9.95. The van der Waals surface area contributed by atoms with Crippen LogP contribution in [0.5, 0.6) is 0 Å². The summed E-state index contributed by atoms with van der Waals surface area (Å²) in [6, 6.07) is 9.70. The molecule has 0 fully saturated rings. The SMILES string of the molecule is CNC(Cc1ccc(F)c(F)c1)c1cccc(Cl)c1C. The molecule has 1 atom stereocenters. The summed E-state index contributed by atoms with van der Waals surface area (Å²) in [5, 5.41) is 3.90. The summed E-state index contributed by atoms with van der Waals surface area (Å²) in [6.45, 7) is 1.95. The average molecular weight is 296 g/mol. The van der Waals surface area contributed by atoms with Crippen LogP contribution in [0, 0.1) is 18.6 Å². The van der Waals surface area contributed by atoms with Crippen LogP contribution in [0.3, 0.4) is 0 Å². The van der Waals surface area contributed by atoms with Gasteiger partial charge < -0.3 is 5.32 Å². The van der Waals surface area contributed by atoms with E-state index in [-0.39, 0.29) is 6.04 Å². The van der Waals surface area contributed by atoms with Crippen molar-refractivity contribution in [3.05, 3.63) is 69.7 Å². The number of hydrogen-bond donors (Lipinski definition) is 1. The molecule has 1 N–H and O–H groups in total. The standard InChI is InChI=1S/C16H16ClF2N/c1-10-12(4-3-5-13(10)17)16(20-2)9-11-6-7-14(18)15(19)8-11/h3-8,16,20H,9H2,1-2H3. The molecular formula is C16H16ClF2N. The highest BCUT2D eigenvalue weighted by molar-refractivity contribution is 6.31. The Morgan fingerprint density at radius 1 is 1.15 bits per heavy atom. The third kappa shape index (κ3) is 3.17. The zero-order chi connectivity index (χ0) is 14.7. The van der Waals surface area contributed by atoms with Gasteiger partial charge in [0.2, 0.25) is 0 Å². The fraction of sp³-hybridized carbons (Fsp3) is 0.250. The molecule has 0 saturated heterocycles. The van der Waals surface area contributed by atoms with Crippen molar-refractivity contribution in [3.63, 3.8) is 0 Å². The number of nitrogens with one attached hydrogen (secondary N) is 1. The van der Waals surface area contributed by atoms with Crippen molar-refractivity contribution in [2.75, 3.05) is 7.05 Å². The maximum absolute atomic E-state index is 13.3. The second kappa shape index (κ2) is 6.33. The molecule has 0 bridgehead atoms. The van der Waals surface area contributed by atoms with Crippen molar-refractivity contribution < 1.29 is 8.78 Å². The van der Waals surface area contributed by atoms with Gasteiger partial charge in [-0.05, 0) is 55.3 Å². The van der Waals surface area contributed by atoms with Crippen LogP contribution >= 0.6 is 11.6 Å². The predicted octanol–water partition coefficient (Wildman–Crippen LogP) is 4.43. The van der Waals surface area contributed by atoms with Crippen molar-refractivity contribution >= 4 is 11.6 Å². The third-order valence-electron chi connectivity index (χ3n) is 3.46. The first-order chi connectivity index (χ1) is 9.52. The topological polar surface area (TPSA) is 12.0 Å². The normalized spacial score (nSPS) is 12.4. The third-order valence-corrected chi connectivity index (χ3v) is 3.87. The number of rotatable bonds is 4. The predicted molar refractivity (Wildman–Crippen MR) is 78.1 cm³/mol. The molecule has 0 aliphatic heterocycles. The molecule has 4 heteroatoms. The van der Waals surface area contributed by atoms with E-state index in [0.29, 0.717) is 11.4 Å². The quantitative estimate of drug-likeness (QED) is 0.880. The molecule has 106 valence electrons. The molecule has 0 spiro atoms. The van der Waals surface area contributed by atoms with Crippen LogP contribution < -0.4 is 5.32 Å². The number of benzene rings is 2. The summed E-state index contributed by atoms with van der Waals surface area (Å²) in [4.78, 5) is 0. The average Bonchev–Trinajstić information content (AvgIpc) is 2.43. The monoisotopic (exact) mass is 295 g/mol. The van der Waals surface area contributed by atoms with Gasteiger partial charge in [-0.15, -0.1) is 0 Å². The smallest absolute Gasteiger partial charge is 0.159 e. The number of likely N-dealkylation sites (N-methyl/N-ethyl adjacent to an activating group) is 1. The summed E-state index contributed by atoms with van der Waals surface area (Å²) in [5.74, 6) is -1.64. The maximum atomic E-state index is 13.3. The Morgan fingerprint density at radius 3 is 2.55 bits per heavy atom. The zero-order valence-corrected chi connectivity index (χ0v) is 12.1. The fourth-order valence-electron chi connectivity index (χ4n) is 2.27. The van der Waals surface area contributed by atoms with E-state index in [1.165, 1.54) is 6.07 Å². The van der Waals surface area contributed by atoms with Gasteiger partial charge in [-0.2, -0.15) is 0 Å². The first-order valence-electron chi connectivity index (χ1n) is 6.39. The molecule has 20 heavy (non-hydrogen) atoms. The molecule has 2 aromatic carbocycles. The Kier molecular flexibility index (Phi) is 4.73. The Labute approximate surface area is 122 Å². The second-order valence-corrected chi connectivity index (χ2v) is 5.16. The number of halogens is 3. The van der Waals surface area contributed by atoms with Gasteiger partial charge in [0.15, 0.2) is 11.6 Å². The molecule has 0 heterocycles. The van der Waals surface area contributed by atoms with Gasteiger partial charge >= 0.3 is 0 Å². The minimum atomic E-state index is -0.825. The molecule has 0 aromatic heterocycles. The van der Waals surface area contributed by atoms with Crippen LogP contribution in [0.15, 0.2) is 36.4 Å². The van der Waals surface area contributed by atoms with Crippen LogP contribution in [0.4, 0.5) is 8.78 Å². The maximum Gasteiger partial charge on any atom is 0.159 e. The Hall–Kier alpha value is -1.45. The molecular weight excluding hydrogens is 280 g/mol. The minimum Gasteiger partial charge on any atom is -0.313 e. The van der Waals surface area contributed by atoms with Gasteiger partial charge in [-0.1, -0.05) is 29.8 Å². The molecule has 0 aliphatic rings. The Morgan fingerprint density at radius 2 is 1.90 bits per heavy atom. The molecule has 1 nitrogen and oxygen atoms in total. The van der Waals surface area contributed by atoms with Gasteiger partial charge in [0.1, 0.15) is 0 Å². The van der Waals surface area contributed by atoms with Crippen LogP contribution in [0.2, 0.25) is 5.02 Å². The molecule has 0 aliphatic carbocycles. The number of hydrogen-bond acceptors (Lipinski definition) is 1. The van der Waals surface area contributed by atoms with Gasteiger partial charge in [0, 0.05) is 11.1 Å². The summed E-state index contributed by atoms with van der Waals surface area (Å²) >= 11 is 6.13. The van der Waals surface area contributed by atoms with Crippen molar-refractivity contribution in [1.82, 2.24) is 5.32 Å². The lowest BCUT2D eigenvalue weighted by Crippen LogP contribution is -2.20. The van der Waals surface area contributed by atoms with Gasteiger partial charge in [0.05, 0.1) is 0 Å². The molecule has 2 aromatic rings. The highest BCUT2D eigenvalue weighted by atomic mass is 35.5. The summed E-state index contributed by atoms with van der Waals surface area (Å²) in [5.41, 5.74) is 2.79. The van der Waals surface area contributed by atoms with E-state index in [9.17, 15) is 8.78 Å². The molecule has 2 rings (SSSR count). The van der Waals surface area contributed by atoms with Gasteiger partial charge in [-0.3, -0.25) is 0 Å².